The summed E-state index contributed by atoms with van der Waals surface area (Å²) in [7, 11) is 1.89. The summed E-state index contributed by atoms with van der Waals surface area (Å²) in [6.07, 6.45) is 9.09. The predicted molar refractivity (Wildman–Crippen MR) is 61.7 cm³/mol. The topological polar surface area (TPSA) is 29.1 Å². The molecule has 2 heteroatoms. The number of rotatable bonds is 3. The van der Waals surface area contributed by atoms with Crippen molar-refractivity contribution in [3.05, 3.63) is 23.3 Å². The lowest BCUT2D eigenvalue weighted by atomic mass is 9.92. The minimum Gasteiger partial charge on any atom is -0.310 e. The summed E-state index contributed by atoms with van der Waals surface area (Å²) >= 11 is 0. The van der Waals surface area contributed by atoms with Crippen molar-refractivity contribution < 1.29 is 4.79 Å². The maximum atomic E-state index is 11.5. The first-order valence-electron chi connectivity index (χ1n) is 5.77. The quantitative estimate of drug-likeness (QED) is 0.765. The van der Waals surface area contributed by atoms with Crippen LogP contribution in [0.15, 0.2) is 23.3 Å². The van der Waals surface area contributed by atoms with E-state index in [1.165, 1.54) is 18.4 Å². The van der Waals surface area contributed by atoms with E-state index in [0.29, 0.717) is 5.92 Å². The molecule has 1 unspecified atom stereocenters. The maximum absolute atomic E-state index is 11.5. The lowest BCUT2D eigenvalue weighted by Crippen LogP contribution is -2.38. The van der Waals surface area contributed by atoms with Crippen molar-refractivity contribution in [3.8, 4) is 0 Å². The van der Waals surface area contributed by atoms with Crippen molar-refractivity contribution in [1.29, 1.82) is 0 Å². The van der Waals surface area contributed by atoms with Crippen LogP contribution in [0.25, 0.3) is 0 Å². The van der Waals surface area contributed by atoms with Gasteiger partial charge in [0.1, 0.15) is 5.78 Å². The number of ketones is 1. The van der Waals surface area contributed by atoms with Crippen LogP contribution in [-0.2, 0) is 4.79 Å². The molecule has 2 aliphatic carbocycles. The first-order chi connectivity index (χ1) is 7.22. The van der Waals surface area contributed by atoms with Crippen LogP contribution in [0.1, 0.15) is 32.6 Å². The summed E-state index contributed by atoms with van der Waals surface area (Å²) in [4.78, 5) is 11.5. The Morgan fingerprint density at radius 1 is 1.53 bits per heavy atom. The lowest BCUT2D eigenvalue weighted by Gasteiger charge is -2.20. The van der Waals surface area contributed by atoms with Gasteiger partial charge in [-0.3, -0.25) is 4.79 Å². The summed E-state index contributed by atoms with van der Waals surface area (Å²) < 4.78 is 0. The molecular formula is C13H19NO. The molecule has 0 saturated heterocycles. The molecule has 0 spiro atoms. The van der Waals surface area contributed by atoms with Gasteiger partial charge in [-0.1, -0.05) is 17.7 Å². The van der Waals surface area contributed by atoms with Crippen molar-refractivity contribution in [2.45, 2.75) is 38.6 Å². The van der Waals surface area contributed by atoms with Gasteiger partial charge in [0.2, 0.25) is 0 Å². The van der Waals surface area contributed by atoms with Gasteiger partial charge in [0.15, 0.2) is 0 Å². The highest BCUT2D eigenvalue weighted by Gasteiger charge is 2.31. The second kappa shape index (κ2) is 4.31. The summed E-state index contributed by atoms with van der Waals surface area (Å²) in [5.41, 5.74) is 3.08. The highest BCUT2D eigenvalue weighted by molar-refractivity contribution is 5.82. The van der Waals surface area contributed by atoms with Crippen molar-refractivity contribution in [1.82, 2.24) is 5.32 Å². The second-order valence-corrected chi connectivity index (χ2v) is 4.62. The molecule has 2 aliphatic rings. The molecule has 0 aromatic carbocycles. The average Bonchev–Trinajstić information content (AvgIpc) is 2.61. The average molecular weight is 205 g/mol. The van der Waals surface area contributed by atoms with Crippen LogP contribution in [0.5, 0.6) is 0 Å². The van der Waals surface area contributed by atoms with Crippen LogP contribution in [0.4, 0.5) is 0 Å². The number of likely N-dealkylation sites (N-methyl/N-ethyl adjacent to an activating group) is 1. The molecule has 0 aromatic rings. The Kier molecular flexibility index (Phi) is 3.06. The predicted octanol–water partition coefficient (Wildman–Crippen LogP) is 2.22. The minimum absolute atomic E-state index is 0.0454. The van der Waals surface area contributed by atoms with Gasteiger partial charge >= 0.3 is 0 Å². The van der Waals surface area contributed by atoms with E-state index < -0.39 is 0 Å². The third-order valence-electron chi connectivity index (χ3n) is 3.60. The maximum Gasteiger partial charge on any atom is 0.146 e. The van der Waals surface area contributed by atoms with E-state index in [1.807, 2.05) is 7.05 Å². The molecule has 0 fully saturated rings. The lowest BCUT2D eigenvalue weighted by molar-refractivity contribution is -0.120. The molecule has 1 N–H and O–H groups in total. The van der Waals surface area contributed by atoms with Crippen LogP contribution in [0, 0.1) is 5.92 Å². The van der Waals surface area contributed by atoms with Gasteiger partial charge in [0, 0.05) is 0 Å². The second-order valence-electron chi connectivity index (χ2n) is 4.62. The Morgan fingerprint density at radius 3 is 2.93 bits per heavy atom. The normalized spacial score (nSPS) is 26.7. The fourth-order valence-corrected chi connectivity index (χ4v) is 2.88. The number of hydrogen-bond donors (Lipinski definition) is 1. The minimum atomic E-state index is 0.0454. The van der Waals surface area contributed by atoms with E-state index in [2.05, 4.69) is 17.5 Å². The summed E-state index contributed by atoms with van der Waals surface area (Å²) in [5, 5.41) is 3.15. The molecule has 0 amide bonds. The van der Waals surface area contributed by atoms with Crippen molar-refractivity contribution in [2.24, 2.45) is 5.92 Å². The Morgan fingerprint density at radius 2 is 2.33 bits per heavy atom. The highest BCUT2D eigenvalue weighted by Crippen LogP contribution is 2.38. The largest absolute Gasteiger partial charge is 0.310 e. The van der Waals surface area contributed by atoms with Crippen LogP contribution < -0.4 is 5.32 Å². The van der Waals surface area contributed by atoms with E-state index in [4.69, 9.17) is 0 Å². The van der Waals surface area contributed by atoms with Crippen LogP contribution in [-0.4, -0.2) is 18.9 Å². The number of carbonyl (C=O) groups is 1. The summed E-state index contributed by atoms with van der Waals surface area (Å²) in [6.45, 7) is 1.69. The van der Waals surface area contributed by atoms with Crippen molar-refractivity contribution in [3.63, 3.8) is 0 Å². The Bertz CT molecular complexity index is 327. The van der Waals surface area contributed by atoms with Gasteiger partial charge in [-0.15, -0.1) is 0 Å². The molecule has 2 atom stereocenters. The molecule has 0 radical (unpaired) electrons. The van der Waals surface area contributed by atoms with Gasteiger partial charge < -0.3 is 5.32 Å². The third kappa shape index (κ3) is 2.05. The molecule has 2 rings (SSSR count). The molecule has 2 nitrogen and oxygen atoms in total. The number of nitrogens with one attached hydrogen (secondary N) is 1. The van der Waals surface area contributed by atoms with Crippen LogP contribution >= 0.6 is 0 Å². The van der Waals surface area contributed by atoms with Gasteiger partial charge in [-0.05, 0) is 51.1 Å². The fourth-order valence-electron chi connectivity index (χ4n) is 2.88. The zero-order valence-electron chi connectivity index (χ0n) is 9.55. The SMILES string of the molecule is CN[C@H](C(C)=O)C1CC2=C(CCC=C2)C1. The molecule has 0 heterocycles. The zero-order chi connectivity index (χ0) is 10.8. The fraction of sp³-hybridized carbons (Fsp3) is 0.615. The number of hydrogen-bond acceptors (Lipinski definition) is 2. The molecule has 15 heavy (non-hydrogen) atoms. The van der Waals surface area contributed by atoms with Gasteiger partial charge in [0.25, 0.3) is 0 Å². The first-order valence-corrected chi connectivity index (χ1v) is 5.77. The number of carbonyl (C=O) groups excluding carboxylic acids is 1. The first kappa shape index (κ1) is 10.6. The number of Topliss-reactive ketones (excluding diaryl/α,β-unsaturated/α-hetero) is 1. The molecular weight excluding hydrogens is 186 g/mol. The van der Waals surface area contributed by atoms with Crippen molar-refractivity contribution in [2.75, 3.05) is 7.05 Å². The van der Waals surface area contributed by atoms with E-state index in [1.54, 1.807) is 12.5 Å². The molecule has 0 saturated carbocycles. The molecule has 0 aliphatic heterocycles. The molecule has 0 bridgehead atoms. The van der Waals surface area contributed by atoms with Crippen LogP contribution in [0.2, 0.25) is 0 Å². The van der Waals surface area contributed by atoms with Gasteiger partial charge in [0.05, 0.1) is 6.04 Å². The van der Waals surface area contributed by atoms with Gasteiger partial charge in [-0.2, -0.15) is 0 Å². The molecule has 0 aromatic heterocycles. The van der Waals surface area contributed by atoms with Crippen molar-refractivity contribution >= 4 is 5.78 Å². The van der Waals surface area contributed by atoms with E-state index in [-0.39, 0.29) is 11.8 Å². The summed E-state index contributed by atoms with van der Waals surface area (Å²) in [6, 6.07) is 0.0454. The van der Waals surface area contributed by atoms with E-state index in [9.17, 15) is 4.79 Å². The number of allylic oxidation sites excluding steroid dienone is 4. The monoisotopic (exact) mass is 205 g/mol. The molecule has 82 valence electrons. The van der Waals surface area contributed by atoms with Gasteiger partial charge in [-0.25, -0.2) is 0 Å². The Hall–Kier alpha value is -0.890. The zero-order valence-corrected chi connectivity index (χ0v) is 9.55. The van der Waals surface area contributed by atoms with E-state index in [0.717, 1.165) is 12.8 Å². The third-order valence-corrected chi connectivity index (χ3v) is 3.60. The highest BCUT2D eigenvalue weighted by atomic mass is 16.1. The Balaban J connectivity index is 2.05. The standard InChI is InChI=1S/C13H19NO/c1-9(15)13(14-2)12-7-10-5-3-4-6-11(10)8-12/h3,5,12-14H,4,6-8H2,1-2H3/t12?,13-/m1/s1. The Labute approximate surface area is 91.4 Å². The van der Waals surface area contributed by atoms with Crippen LogP contribution in [0.3, 0.4) is 0 Å². The smallest absolute Gasteiger partial charge is 0.146 e. The van der Waals surface area contributed by atoms with E-state index >= 15 is 0 Å². The summed E-state index contributed by atoms with van der Waals surface area (Å²) in [5.74, 6) is 0.756.